The molecule has 2 aliphatic rings. The van der Waals surface area contributed by atoms with E-state index >= 15 is 0 Å². The minimum absolute atomic E-state index is 0.0364. The van der Waals surface area contributed by atoms with Crippen molar-refractivity contribution < 1.29 is 19.0 Å². The zero-order valence-corrected chi connectivity index (χ0v) is 19.7. The third-order valence-electron chi connectivity index (χ3n) is 6.86. The number of fused-ring (bicyclic) bond motifs is 1. The van der Waals surface area contributed by atoms with Crippen LogP contribution in [0.15, 0.2) is 24.7 Å². The van der Waals surface area contributed by atoms with Crippen LogP contribution in [0, 0.1) is 11.7 Å². The minimum Gasteiger partial charge on any atom is -0.479 e. The van der Waals surface area contributed by atoms with E-state index < -0.39 is 5.82 Å². The highest BCUT2D eigenvalue weighted by Crippen LogP contribution is 2.31. The zero-order valence-electron chi connectivity index (χ0n) is 19.7. The van der Waals surface area contributed by atoms with E-state index in [9.17, 15) is 9.50 Å². The molecule has 0 aliphatic carbocycles. The smallest absolute Gasteiger partial charge is 0.250 e. The topological polar surface area (TPSA) is 90.5 Å². The van der Waals surface area contributed by atoms with Gasteiger partial charge in [-0.1, -0.05) is 0 Å². The summed E-state index contributed by atoms with van der Waals surface area (Å²) in [6.07, 6.45) is 7.99. The Morgan fingerprint density at radius 1 is 1.29 bits per heavy atom. The van der Waals surface area contributed by atoms with Crippen molar-refractivity contribution in [2.24, 2.45) is 5.92 Å². The van der Waals surface area contributed by atoms with Crippen LogP contribution in [0.5, 0.6) is 5.88 Å². The number of hydrogen-bond donors (Lipinski definition) is 1. The molecule has 1 saturated heterocycles. The second-order valence-electron chi connectivity index (χ2n) is 9.11. The summed E-state index contributed by atoms with van der Waals surface area (Å²) in [7, 11) is 1.40. The number of aliphatic hydroxyl groups excluding tert-OH is 1. The van der Waals surface area contributed by atoms with Gasteiger partial charge in [-0.25, -0.2) is 14.1 Å². The van der Waals surface area contributed by atoms with Crippen LogP contribution >= 0.6 is 0 Å². The summed E-state index contributed by atoms with van der Waals surface area (Å²) in [5.41, 5.74) is 4.47. The summed E-state index contributed by atoms with van der Waals surface area (Å²) in [4.78, 5) is 6.42. The van der Waals surface area contributed by atoms with Crippen molar-refractivity contribution in [3.8, 4) is 22.8 Å². The van der Waals surface area contributed by atoms with Gasteiger partial charge in [-0.2, -0.15) is 10.2 Å². The molecule has 5 heterocycles. The summed E-state index contributed by atoms with van der Waals surface area (Å²) in [5, 5.41) is 18.9. The maximum atomic E-state index is 14.4. The van der Waals surface area contributed by atoms with Crippen LogP contribution in [0.3, 0.4) is 0 Å². The molecule has 182 valence electrons. The predicted molar refractivity (Wildman–Crippen MR) is 124 cm³/mol. The summed E-state index contributed by atoms with van der Waals surface area (Å²) in [6, 6.07) is 1.59. The van der Waals surface area contributed by atoms with Gasteiger partial charge in [-0.3, -0.25) is 9.58 Å². The fourth-order valence-electron chi connectivity index (χ4n) is 4.95. The number of hydrogen-bond acceptors (Lipinski definition) is 7. The molecule has 0 bridgehead atoms. The number of nitrogens with zero attached hydrogens (tertiary/aromatic N) is 6. The van der Waals surface area contributed by atoms with Gasteiger partial charge < -0.3 is 14.6 Å². The minimum atomic E-state index is -0.524. The number of aromatic nitrogens is 5. The standard InChI is InChI=1S/C24H31FN6O3/c1-16(15-32)29-6-3-17(12-29)13-30-14-18(10-27-30)23-20-4-7-34-8-5-22(20)31(28-23)19-9-21(25)24(33-2)26-11-19/h9-11,14,16-17,32H,3-8,12-13,15H2,1-2H3. The monoisotopic (exact) mass is 470 g/mol. The molecule has 5 rings (SSSR count). The first-order chi connectivity index (χ1) is 16.6. The zero-order chi connectivity index (χ0) is 23.7. The summed E-state index contributed by atoms with van der Waals surface area (Å²) < 4.78 is 28.8. The lowest BCUT2D eigenvalue weighted by molar-refractivity contribution is 0.145. The molecule has 0 radical (unpaired) electrons. The van der Waals surface area contributed by atoms with Crippen molar-refractivity contribution in [1.29, 1.82) is 0 Å². The largest absolute Gasteiger partial charge is 0.479 e. The van der Waals surface area contributed by atoms with Gasteiger partial charge in [0.15, 0.2) is 5.82 Å². The lowest BCUT2D eigenvalue weighted by atomic mass is 10.0. The number of halogens is 1. The first kappa shape index (κ1) is 22.9. The first-order valence-electron chi connectivity index (χ1n) is 11.8. The summed E-state index contributed by atoms with van der Waals surface area (Å²) in [6.45, 7) is 6.26. The fourth-order valence-corrected chi connectivity index (χ4v) is 4.95. The normalized spacial score (nSPS) is 19.7. The molecule has 2 aliphatic heterocycles. The van der Waals surface area contributed by atoms with E-state index in [4.69, 9.17) is 14.6 Å². The molecule has 2 atom stereocenters. The van der Waals surface area contributed by atoms with E-state index in [0.29, 0.717) is 31.2 Å². The maximum absolute atomic E-state index is 14.4. The van der Waals surface area contributed by atoms with E-state index in [-0.39, 0.29) is 18.5 Å². The van der Waals surface area contributed by atoms with Crippen LogP contribution in [0.2, 0.25) is 0 Å². The Labute approximate surface area is 198 Å². The van der Waals surface area contributed by atoms with Gasteiger partial charge >= 0.3 is 0 Å². The van der Waals surface area contributed by atoms with Gasteiger partial charge in [0, 0.05) is 48.9 Å². The molecule has 3 aromatic heterocycles. The number of rotatable bonds is 7. The van der Waals surface area contributed by atoms with Crippen LogP contribution in [0.25, 0.3) is 16.9 Å². The molecule has 10 heteroatoms. The Morgan fingerprint density at radius 2 is 2.15 bits per heavy atom. The van der Waals surface area contributed by atoms with E-state index in [2.05, 4.69) is 21.9 Å². The highest BCUT2D eigenvalue weighted by atomic mass is 19.1. The van der Waals surface area contributed by atoms with Crippen LogP contribution in [-0.2, 0) is 24.1 Å². The van der Waals surface area contributed by atoms with Gasteiger partial charge in [0.05, 0.1) is 56.4 Å². The van der Waals surface area contributed by atoms with Crippen molar-refractivity contribution in [3.05, 3.63) is 41.7 Å². The highest BCUT2D eigenvalue weighted by Gasteiger charge is 2.27. The van der Waals surface area contributed by atoms with Gasteiger partial charge in [0.1, 0.15) is 0 Å². The maximum Gasteiger partial charge on any atom is 0.250 e. The fraction of sp³-hybridized carbons (Fsp3) is 0.542. The molecule has 0 amide bonds. The molecule has 34 heavy (non-hydrogen) atoms. The summed E-state index contributed by atoms with van der Waals surface area (Å²) in [5.74, 6) is -0.0616. The third-order valence-corrected chi connectivity index (χ3v) is 6.86. The van der Waals surface area contributed by atoms with Crippen molar-refractivity contribution in [2.45, 2.75) is 38.8 Å². The van der Waals surface area contributed by atoms with E-state index in [0.717, 1.165) is 55.0 Å². The van der Waals surface area contributed by atoms with Gasteiger partial charge in [0.25, 0.3) is 0 Å². The average molecular weight is 471 g/mol. The van der Waals surface area contributed by atoms with Crippen molar-refractivity contribution in [2.75, 3.05) is 40.0 Å². The SMILES string of the molecule is COc1ncc(-n2nc(-c3cnn(CC4CCN(C(C)CO)C4)c3)c3c2CCOCC3)cc1F. The molecule has 3 aromatic rings. The lowest BCUT2D eigenvalue weighted by Crippen LogP contribution is -2.33. The Morgan fingerprint density at radius 3 is 2.94 bits per heavy atom. The Bertz CT molecular complexity index is 1150. The number of aliphatic hydroxyl groups is 1. The molecular weight excluding hydrogens is 439 g/mol. The molecule has 0 saturated carbocycles. The van der Waals surface area contributed by atoms with Crippen molar-refractivity contribution in [3.63, 3.8) is 0 Å². The van der Waals surface area contributed by atoms with E-state index in [1.54, 1.807) is 10.9 Å². The third kappa shape index (κ3) is 4.45. The van der Waals surface area contributed by atoms with Crippen molar-refractivity contribution >= 4 is 0 Å². The number of methoxy groups -OCH3 is 1. The predicted octanol–water partition coefficient (Wildman–Crippen LogP) is 2.10. The highest BCUT2D eigenvalue weighted by molar-refractivity contribution is 5.64. The molecule has 0 aromatic carbocycles. The molecule has 9 nitrogen and oxygen atoms in total. The Balaban J connectivity index is 1.42. The summed E-state index contributed by atoms with van der Waals surface area (Å²) >= 11 is 0. The molecule has 1 fully saturated rings. The molecule has 1 N–H and O–H groups in total. The van der Waals surface area contributed by atoms with E-state index in [1.165, 1.54) is 13.2 Å². The second-order valence-corrected chi connectivity index (χ2v) is 9.11. The van der Waals surface area contributed by atoms with Crippen LogP contribution in [0.4, 0.5) is 4.39 Å². The van der Waals surface area contributed by atoms with Gasteiger partial charge in [0.2, 0.25) is 5.88 Å². The number of likely N-dealkylation sites (tertiary alicyclic amines) is 1. The Hall–Kier alpha value is -2.82. The van der Waals surface area contributed by atoms with Crippen molar-refractivity contribution in [1.82, 2.24) is 29.4 Å². The van der Waals surface area contributed by atoms with E-state index in [1.807, 2.05) is 17.1 Å². The molecule has 2 unspecified atom stereocenters. The number of pyridine rings is 1. The molecular formula is C24H31FN6O3. The van der Waals surface area contributed by atoms with Gasteiger partial charge in [-0.05, 0) is 32.2 Å². The average Bonchev–Trinajstić information content (AvgIpc) is 3.54. The Kier molecular flexibility index (Phi) is 6.62. The van der Waals surface area contributed by atoms with Crippen LogP contribution in [0.1, 0.15) is 24.6 Å². The quantitative estimate of drug-likeness (QED) is 0.566. The lowest BCUT2D eigenvalue weighted by Gasteiger charge is -2.22. The van der Waals surface area contributed by atoms with Crippen LogP contribution < -0.4 is 4.74 Å². The molecule has 0 spiro atoms. The van der Waals surface area contributed by atoms with Crippen LogP contribution in [-0.4, -0.2) is 80.6 Å². The second kappa shape index (κ2) is 9.81. The number of ether oxygens (including phenoxy) is 2. The van der Waals surface area contributed by atoms with Gasteiger partial charge in [-0.15, -0.1) is 0 Å². The first-order valence-corrected chi connectivity index (χ1v) is 11.8.